The fourth-order valence-corrected chi connectivity index (χ4v) is 1.73. The van der Waals surface area contributed by atoms with Crippen molar-refractivity contribution >= 4 is 11.9 Å². The molecule has 106 valence electrons. The van der Waals surface area contributed by atoms with Crippen LogP contribution in [0.1, 0.15) is 11.6 Å². The Morgan fingerprint density at radius 1 is 1.25 bits per heavy atom. The number of amides is 1. The second-order valence-corrected chi connectivity index (χ2v) is 4.04. The predicted octanol–water partition coefficient (Wildman–Crippen LogP) is 0.905. The van der Waals surface area contributed by atoms with Gasteiger partial charge in [-0.3, -0.25) is 4.79 Å². The minimum absolute atomic E-state index is 0.0427. The molecular formula is C14H15NO5. The highest BCUT2D eigenvalue weighted by Crippen LogP contribution is 2.15. The molecule has 1 unspecified atom stereocenters. The molecule has 1 aliphatic rings. The summed E-state index contributed by atoms with van der Waals surface area (Å²) < 4.78 is 14.9. The Kier molecular flexibility index (Phi) is 4.60. The first kappa shape index (κ1) is 13.9. The molecule has 0 saturated heterocycles. The topological polar surface area (TPSA) is 73.9 Å². The molecule has 1 N–H and O–H groups in total. The Balaban J connectivity index is 2.14. The summed E-state index contributed by atoms with van der Waals surface area (Å²) in [5, 5.41) is 2.57. The van der Waals surface area contributed by atoms with Crippen molar-refractivity contribution in [2.24, 2.45) is 0 Å². The number of hydrogen-bond acceptors (Lipinski definition) is 5. The Morgan fingerprint density at radius 3 is 2.60 bits per heavy atom. The molecule has 6 nitrogen and oxygen atoms in total. The summed E-state index contributed by atoms with van der Waals surface area (Å²) in [6, 6.07) is 7.94. The summed E-state index contributed by atoms with van der Waals surface area (Å²) in [4.78, 5) is 23.8. The van der Waals surface area contributed by atoms with Crippen LogP contribution in [0.2, 0.25) is 0 Å². The van der Waals surface area contributed by atoms with Crippen molar-refractivity contribution in [2.75, 3.05) is 20.3 Å². The van der Waals surface area contributed by atoms with E-state index in [4.69, 9.17) is 14.2 Å². The zero-order valence-electron chi connectivity index (χ0n) is 11.0. The van der Waals surface area contributed by atoms with Crippen molar-refractivity contribution in [2.45, 2.75) is 6.04 Å². The van der Waals surface area contributed by atoms with Gasteiger partial charge in [0.05, 0.1) is 7.11 Å². The van der Waals surface area contributed by atoms with Crippen LogP contribution in [0.25, 0.3) is 0 Å². The van der Waals surface area contributed by atoms with Crippen LogP contribution in [0.15, 0.2) is 42.4 Å². The summed E-state index contributed by atoms with van der Waals surface area (Å²) in [5.74, 6) is -1.04. The first-order chi connectivity index (χ1) is 9.72. The number of nitrogens with one attached hydrogen (secondary N) is 1. The Hall–Kier alpha value is -2.50. The van der Waals surface area contributed by atoms with Gasteiger partial charge in [-0.15, -0.1) is 0 Å². The van der Waals surface area contributed by atoms with Gasteiger partial charge in [-0.1, -0.05) is 30.3 Å². The molecule has 1 heterocycles. The molecule has 0 radical (unpaired) electrons. The molecular weight excluding hydrogens is 262 g/mol. The second kappa shape index (κ2) is 6.60. The molecule has 1 atom stereocenters. The van der Waals surface area contributed by atoms with Crippen molar-refractivity contribution in [3.8, 4) is 0 Å². The highest BCUT2D eigenvalue weighted by molar-refractivity contribution is 5.94. The summed E-state index contributed by atoms with van der Waals surface area (Å²) in [6.07, 6.45) is 1.23. The van der Waals surface area contributed by atoms with Crippen LogP contribution < -0.4 is 5.32 Å². The standard InChI is InChI=1S/C14H15NO5/c1-18-14(17)12(10-5-3-2-4-6-10)15-13(16)11-9-19-7-8-20-11/h2-6,9,12H,7-8H2,1H3,(H,15,16). The number of ether oxygens (including phenoxy) is 3. The summed E-state index contributed by atoms with van der Waals surface area (Å²) in [5.41, 5.74) is 0.630. The van der Waals surface area contributed by atoms with Gasteiger partial charge in [0.2, 0.25) is 5.76 Å². The number of rotatable bonds is 4. The molecule has 1 amide bonds. The number of esters is 1. The fraction of sp³-hybridized carbons (Fsp3) is 0.286. The van der Waals surface area contributed by atoms with Crippen LogP contribution in [0, 0.1) is 0 Å². The van der Waals surface area contributed by atoms with Crippen LogP contribution >= 0.6 is 0 Å². The van der Waals surface area contributed by atoms with E-state index in [0.717, 1.165) is 0 Å². The number of hydrogen-bond donors (Lipinski definition) is 1. The maximum atomic E-state index is 12.0. The third kappa shape index (κ3) is 3.28. The van der Waals surface area contributed by atoms with Gasteiger partial charge in [-0.05, 0) is 5.56 Å². The average molecular weight is 277 g/mol. The lowest BCUT2D eigenvalue weighted by atomic mass is 10.1. The molecule has 0 aromatic heterocycles. The molecule has 2 rings (SSSR count). The number of methoxy groups -OCH3 is 1. The Morgan fingerprint density at radius 2 is 2.00 bits per heavy atom. The number of carbonyl (C=O) groups excluding carboxylic acids is 2. The summed E-state index contributed by atoms with van der Waals surface area (Å²) >= 11 is 0. The molecule has 0 saturated carbocycles. The lowest BCUT2D eigenvalue weighted by Gasteiger charge is -2.19. The van der Waals surface area contributed by atoms with E-state index in [1.165, 1.54) is 13.4 Å². The van der Waals surface area contributed by atoms with Crippen molar-refractivity contribution in [3.05, 3.63) is 47.9 Å². The lowest BCUT2D eigenvalue weighted by molar-refractivity contribution is -0.145. The van der Waals surface area contributed by atoms with Gasteiger partial charge >= 0.3 is 5.97 Å². The van der Waals surface area contributed by atoms with Gasteiger partial charge in [0.25, 0.3) is 5.91 Å². The third-order valence-electron chi connectivity index (χ3n) is 2.72. The van der Waals surface area contributed by atoms with Crippen molar-refractivity contribution in [1.82, 2.24) is 5.32 Å². The zero-order valence-corrected chi connectivity index (χ0v) is 11.0. The van der Waals surface area contributed by atoms with Crippen LogP contribution in [0.5, 0.6) is 0 Å². The first-order valence-corrected chi connectivity index (χ1v) is 6.10. The fourth-order valence-electron chi connectivity index (χ4n) is 1.73. The molecule has 0 fully saturated rings. The molecule has 1 aliphatic heterocycles. The van der Waals surface area contributed by atoms with Gasteiger partial charge in [0, 0.05) is 0 Å². The van der Waals surface area contributed by atoms with E-state index in [1.54, 1.807) is 24.3 Å². The highest BCUT2D eigenvalue weighted by atomic mass is 16.6. The SMILES string of the molecule is COC(=O)C(NC(=O)C1=COCCO1)c1ccccc1. The predicted molar refractivity (Wildman–Crippen MR) is 69.3 cm³/mol. The van der Waals surface area contributed by atoms with Crippen molar-refractivity contribution < 1.29 is 23.8 Å². The van der Waals surface area contributed by atoms with E-state index in [9.17, 15) is 9.59 Å². The Bertz CT molecular complexity index is 512. The smallest absolute Gasteiger partial charge is 0.333 e. The molecule has 0 spiro atoms. The maximum absolute atomic E-state index is 12.0. The van der Waals surface area contributed by atoms with Gasteiger partial charge in [-0.2, -0.15) is 0 Å². The molecule has 0 bridgehead atoms. The monoisotopic (exact) mass is 277 g/mol. The van der Waals surface area contributed by atoms with Crippen LogP contribution in [-0.4, -0.2) is 32.2 Å². The van der Waals surface area contributed by atoms with Gasteiger partial charge in [-0.25, -0.2) is 4.79 Å². The third-order valence-corrected chi connectivity index (χ3v) is 2.72. The highest BCUT2D eigenvalue weighted by Gasteiger charge is 2.26. The molecule has 1 aromatic rings. The first-order valence-electron chi connectivity index (χ1n) is 6.10. The molecule has 0 aliphatic carbocycles. The number of benzene rings is 1. The largest absolute Gasteiger partial charge is 0.494 e. The van der Waals surface area contributed by atoms with E-state index in [2.05, 4.69) is 5.32 Å². The van der Waals surface area contributed by atoms with E-state index >= 15 is 0 Å². The Labute approximate surface area is 116 Å². The van der Waals surface area contributed by atoms with E-state index in [-0.39, 0.29) is 5.76 Å². The van der Waals surface area contributed by atoms with E-state index in [0.29, 0.717) is 18.8 Å². The van der Waals surface area contributed by atoms with Crippen LogP contribution in [0.4, 0.5) is 0 Å². The van der Waals surface area contributed by atoms with Crippen LogP contribution in [0.3, 0.4) is 0 Å². The van der Waals surface area contributed by atoms with Gasteiger partial charge in [0.15, 0.2) is 6.04 Å². The molecule has 6 heteroatoms. The number of carbonyl (C=O) groups is 2. The molecule has 20 heavy (non-hydrogen) atoms. The maximum Gasteiger partial charge on any atom is 0.333 e. The second-order valence-electron chi connectivity index (χ2n) is 4.04. The average Bonchev–Trinajstić information content (AvgIpc) is 2.53. The zero-order chi connectivity index (χ0) is 14.4. The minimum Gasteiger partial charge on any atom is -0.494 e. The van der Waals surface area contributed by atoms with E-state index in [1.807, 2.05) is 6.07 Å². The lowest BCUT2D eigenvalue weighted by Crippen LogP contribution is -2.36. The van der Waals surface area contributed by atoms with E-state index < -0.39 is 17.9 Å². The quantitative estimate of drug-likeness (QED) is 0.828. The van der Waals surface area contributed by atoms with Crippen molar-refractivity contribution in [1.29, 1.82) is 0 Å². The van der Waals surface area contributed by atoms with Gasteiger partial charge < -0.3 is 19.5 Å². The van der Waals surface area contributed by atoms with Gasteiger partial charge in [0.1, 0.15) is 19.5 Å². The minimum atomic E-state index is -0.889. The molecule has 1 aromatic carbocycles. The summed E-state index contributed by atoms with van der Waals surface area (Å²) in [6.45, 7) is 0.698. The van der Waals surface area contributed by atoms with Crippen LogP contribution in [-0.2, 0) is 23.8 Å². The van der Waals surface area contributed by atoms with Crippen molar-refractivity contribution in [3.63, 3.8) is 0 Å². The summed E-state index contributed by atoms with van der Waals surface area (Å²) in [7, 11) is 1.27. The normalized spacial score (nSPS) is 15.2.